The van der Waals surface area contributed by atoms with Crippen LogP contribution >= 0.6 is 0 Å². The fraction of sp³-hybridized carbons (Fsp3) is 0. The standard InChI is InChI=1S/C52H36N2/c1-3-13-37(14-4-1)41-31-42(38-15-5-2-6-16-38)34-45(33-41)47-17-7-9-19-49(47)51-21-11-12-22-52(51)50-20-10-8-18-48(50)46-35-43(39-23-27-53-28-24-39)32-44(36-46)40-25-29-54-30-26-40/h1-36H. The van der Waals surface area contributed by atoms with Crippen molar-refractivity contribution in [1.29, 1.82) is 0 Å². The molecule has 54 heavy (non-hydrogen) atoms. The Morgan fingerprint density at radius 1 is 0.185 bits per heavy atom. The van der Waals surface area contributed by atoms with Crippen molar-refractivity contribution in [3.63, 3.8) is 0 Å². The van der Waals surface area contributed by atoms with Crippen molar-refractivity contribution >= 4 is 0 Å². The van der Waals surface area contributed by atoms with Gasteiger partial charge in [-0.2, -0.15) is 0 Å². The summed E-state index contributed by atoms with van der Waals surface area (Å²) < 4.78 is 0. The Kier molecular flexibility index (Phi) is 8.99. The van der Waals surface area contributed by atoms with Gasteiger partial charge in [0.15, 0.2) is 0 Å². The van der Waals surface area contributed by atoms with Crippen molar-refractivity contribution in [3.8, 4) is 89.0 Å². The number of hydrogen-bond acceptors (Lipinski definition) is 2. The van der Waals surface area contributed by atoms with Crippen molar-refractivity contribution < 1.29 is 0 Å². The molecule has 2 nitrogen and oxygen atoms in total. The third-order valence-corrected chi connectivity index (χ3v) is 10.1. The molecule has 7 aromatic carbocycles. The quantitative estimate of drug-likeness (QED) is 0.159. The zero-order valence-corrected chi connectivity index (χ0v) is 29.7. The van der Waals surface area contributed by atoms with Crippen LogP contribution in [0.1, 0.15) is 0 Å². The summed E-state index contributed by atoms with van der Waals surface area (Å²) in [5.41, 5.74) is 18.8. The van der Waals surface area contributed by atoms with Crippen LogP contribution in [0.5, 0.6) is 0 Å². The molecule has 9 rings (SSSR count). The van der Waals surface area contributed by atoms with Gasteiger partial charge in [0.25, 0.3) is 0 Å². The van der Waals surface area contributed by atoms with Gasteiger partial charge in [-0.25, -0.2) is 0 Å². The predicted octanol–water partition coefficient (Wildman–Crippen LogP) is 13.8. The summed E-state index contributed by atoms with van der Waals surface area (Å²) in [5.74, 6) is 0. The Bertz CT molecular complexity index is 2380. The summed E-state index contributed by atoms with van der Waals surface area (Å²) >= 11 is 0. The van der Waals surface area contributed by atoms with Crippen LogP contribution in [-0.4, -0.2) is 9.97 Å². The molecule has 0 unspecified atom stereocenters. The Morgan fingerprint density at radius 2 is 0.426 bits per heavy atom. The van der Waals surface area contributed by atoms with E-state index in [-0.39, 0.29) is 0 Å². The molecule has 0 saturated heterocycles. The summed E-state index contributed by atoms with van der Waals surface area (Å²) in [6.45, 7) is 0. The van der Waals surface area contributed by atoms with Crippen LogP contribution in [0.25, 0.3) is 89.0 Å². The van der Waals surface area contributed by atoms with Gasteiger partial charge in [-0.05, 0) is 150 Å². The molecule has 0 radical (unpaired) electrons. The molecule has 2 heteroatoms. The molecule has 0 fully saturated rings. The van der Waals surface area contributed by atoms with Crippen LogP contribution < -0.4 is 0 Å². The minimum atomic E-state index is 1.13. The van der Waals surface area contributed by atoms with Gasteiger partial charge in [-0.3, -0.25) is 9.97 Å². The summed E-state index contributed by atoms with van der Waals surface area (Å²) in [6.07, 6.45) is 7.42. The minimum Gasteiger partial charge on any atom is -0.265 e. The van der Waals surface area contributed by atoms with E-state index >= 15 is 0 Å². The van der Waals surface area contributed by atoms with Crippen LogP contribution in [0.3, 0.4) is 0 Å². The SMILES string of the molecule is c1ccc(-c2cc(-c3ccccc3)cc(-c3ccccc3-c3ccccc3-c3ccccc3-c3cc(-c4ccncc4)cc(-c4ccncc4)c3)c2)cc1. The molecule has 0 atom stereocenters. The van der Waals surface area contributed by atoms with Gasteiger partial charge in [0.1, 0.15) is 0 Å². The van der Waals surface area contributed by atoms with Crippen molar-refractivity contribution in [2.24, 2.45) is 0 Å². The Morgan fingerprint density at radius 3 is 0.759 bits per heavy atom. The first kappa shape index (κ1) is 32.7. The highest BCUT2D eigenvalue weighted by Gasteiger charge is 2.17. The highest BCUT2D eigenvalue weighted by molar-refractivity contribution is 5.97. The van der Waals surface area contributed by atoms with Crippen LogP contribution in [0.4, 0.5) is 0 Å². The smallest absolute Gasteiger partial charge is 0.0273 e. The lowest BCUT2D eigenvalue weighted by atomic mass is 9.85. The van der Waals surface area contributed by atoms with Gasteiger partial charge in [0, 0.05) is 24.8 Å². The fourth-order valence-electron chi connectivity index (χ4n) is 7.48. The molecule has 0 aliphatic heterocycles. The normalized spacial score (nSPS) is 11.0. The first-order chi connectivity index (χ1) is 26.8. The van der Waals surface area contributed by atoms with E-state index in [1.54, 1.807) is 0 Å². The highest BCUT2D eigenvalue weighted by Crippen LogP contribution is 2.44. The lowest BCUT2D eigenvalue weighted by Crippen LogP contribution is -1.93. The van der Waals surface area contributed by atoms with E-state index in [2.05, 4.69) is 204 Å². The second kappa shape index (κ2) is 14.8. The zero-order chi connectivity index (χ0) is 36.1. The second-order valence-electron chi connectivity index (χ2n) is 13.4. The minimum absolute atomic E-state index is 1.13. The van der Waals surface area contributed by atoms with Gasteiger partial charge in [0.2, 0.25) is 0 Å². The molecule has 0 aliphatic rings. The number of pyridine rings is 2. The third kappa shape index (κ3) is 6.65. The maximum atomic E-state index is 4.29. The summed E-state index contributed by atoms with van der Waals surface area (Å²) in [5, 5.41) is 0. The molecule has 0 aliphatic carbocycles. The number of hydrogen-bond donors (Lipinski definition) is 0. The van der Waals surface area contributed by atoms with Gasteiger partial charge < -0.3 is 0 Å². The molecule has 0 amide bonds. The Balaban J connectivity index is 1.22. The average molecular weight is 689 g/mol. The van der Waals surface area contributed by atoms with Crippen molar-refractivity contribution in [3.05, 3.63) is 219 Å². The topological polar surface area (TPSA) is 25.8 Å². The molecule has 0 N–H and O–H groups in total. The largest absolute Gasteiger partial charge is 0.265 e. The molecule has 0 bridgehead atoms. The molecule has 254 valence electrons. The molecule has 2 aromatic heterocycles. The lowest BCUT2D eigenvalue weighted by molar-refractivity contribution is 1.33. The van der Waals surface area contributed by atoms with E-state index in [1.807, 2.05) is 24.8 Å². The maximum absolute atomic E-state index is 4.29. The van der Waals surface area contributed by atoms with E-state index in [9.17, 15) is 0 Å². The molecular weight excluding hydrogens is 653 g/mol. The first-order valence-electron chi connectivity index (χ1n) is 18.3. The van der Waals surface area contributed by atoms with E-state index in [1.165, 1.54) is 61.2 Å². The van der Waals surface area contributed by atoms with Crippen LogP contribution in [0, 0.1) is 0 Å². The number of rotatable bonds is 8. The van der Waals surface area contributed by atoms with Crippen molar-refractivity contribution in [1.82, 2.24) is 9.97 Å². The summed E-state index contributed by atoms with van der Waals surface area (Å²) in [4.78, 5) is 8.57. The molecule has 2 heterocycles. The van der Waals surface area contributed by atoms with Gasteiger partial charge in [-0.1, -0.05) is 133 Å². The van der Waals surface area contributed by atoms with Crippen molar-refractivity contribution in [2.45, 2.75) is 0 Å². The van der Waals surface area contributed by atoms with E-state index in [4.69, 9.17) is 0 Å². The number of nitrogens with zero attached hydrogens (tertiary/aromatic N) is 2. The van der Waals surface area contributed by atoms with E-state index in [0.29, 0.717) is 0 Å². The molecule has 9 aromatic rings. The Labute approximate surface area is 316 Å². The fourth-order valence-corrected chi connectivity index (χ4v) is 7.48. The van der Waals surface area contributed by atoms with E-state index in [0.717, 1.165) is 27.8 Å². The van der Waals surface area contributed by atoms with Crippen LogP contribution in [-0.2, 0) is 0 Å². The van der Waals surface area contributed by atoms with E-state index < -0.39 is 0 Å². The summed E-state index contributed by atoms with van der Waals surface area (Å²) in [7, 11) is 0. The third-order valence-electron chi connectivity index (χ3n) is 10.1. The van der Waals surface area contributed by atoms with Gasteiger partial charge in [-0.15, -0.1) is 0 Å². The predicted molar refractivity (Wildman–Crippen MR) is 226 cm³/mol. The van der Waals surface area contributed by atoms with Gasteiger partial charge >= 0.3 is 0 Å². The molecule has 0 saturated carbocycles. The molecular formula is C52H36N2. The second-order valence-corrected chi connectivity index (χ2v) is 13.4. The Hall–Kier alpha value is -7.16. The lowest BCUT2D eigenvalue weighted by Gasteiger charge is -2.19. The maximum Gasteiger partial charge on any atom is 0.0273 e. The average Bonchev–Trinajstić information content (AvgIpc) is 3.27. The molecule has 0 spiro atoms. The van der Waals surface area contributed by atoms with Crippen molar-refractivity contribution in [2.75, 3.05) is 0 Å². The number of benzene rings is 7. The highest BCUT2D eigenvalue weighted by atomic mass is 14.6. The monoisotopic (exact) mass is 688 g/mol. The first-order valence-corrected chi connectivity index (χ1v) is 18.3. The zero-order valence-electron chi connectivity index (χ0n) is 29.7. The van der Waals surface area contributed by atoms with Gasteiger partial charge in [0.05, 0.1) is 0 Å². The number of aromatic nitrogens is 2. The van der Waals surface area contributed by atoms with Crippen LogP contribution in [0.15, 0.2) is 219 Å². The van der Waals surface area contributed by atoms with Crippen LogP contribution in [0.2, 0.25) is 0 Å². The summed E-state index contributed by atoms with van der Waals surface area (Å²) in [6, 6.07) is 69.9.